The first-order valence-corrected chi connectivity index (χ1v) is 12.4. The number of alkyl carbamates (subject to hydrolysis) is 1. The standard InChI is InChI=1S/C27H38N2O5/c1-19(2)16-23(29-27(32)34-18-21-12-7-4-8-13-21)26(31)28-22(17-20-10-5-3-6-11-20)25(30)24-14-9-15-33-24/h4,7-9,12-15,19-20,22-23,25,30H,3,5-6,10-11,16-18H2,1-2H3,(H,28,31)(H,29,32)/t22-,23+,25+/m1/s1. The Bertz CT molecular complexity index is 862. The number of furan rings is 1. The van der Waals surface area contributed by atoms with Crippen LogP contribution in [0.25, 0.3) is 0 Å². The van der Waals surface area contributed by atoms with Crippen molar-refractivity contribution >= 4 is 12.0 Å². The predicted molar refractivity (Wildman–Crippen MR) is 130 cm³/mol. The first-order chi connectivity index (χ1) is 16.4. The molecular weight excluding hydrogens is 432 g/mol. The number of benzene rings is 1. The maximum atomic E-state index is 13.3. The molecule has 34 heavy (non-hydrogen) atoms. The molecule has 186 valence electrons. The first-order valence-electron chi connectivity index (χ1n) is 12.4. The van der Waals surface area contributed by atoms with Crippen molar-refractivity contribution in [2.45, 2.75) is 83.6 Å². The highest BCUT2D eigenvalue weighted by molar-refractivity contribution is 5.85. The van der Waals surface area contributed by atoms with E-state index in [1.807, 2.05) is 44.2 Å². The van der Waals surface area contributed by atoms with Gasteiger partial charge in [0.2, 0.25) is 5.91 Å². The van der Waals surface area contributed by atoms with Crippen molar-refractivity contribution < 1.29 is 23.8 Å². The molecule has 3 rings (SSSR count). The molecule has 7 heteroatoms. The summed E-state index contributed by atoms with van der Waals surface area (Å²) in [4.78, 5) is 25.7. The van der Waals surface area contributed by atoms with Crippen molar-refractivity contribution in [1.29, 1.82) is 0 Å². The minimum Gasteiger partial charge on any atom is -0.467 e. The quantitative estimate of drug-likeness (QED) is 0.424. The maximum Gasteiger partial charge on any atom is 0.408 e. The van der Waals surface area contributed by atoms with E-state index in [0.717, 1.165) is 18.4 Å². The first kappa shape index (κ1) is 25.8. The van der Waals surface area contributed by atoms with Gasteiger partial charge in [0.15, 0.2) is 0 Å². The highest BCUT2D eigenvalue weighted by atomic mass is 16.5. The van der Waals surface area contributed by atoms with Gasteiger partial charge in [-0.15, -0.1) is 0 Å². The van der Waals surface area contributed by atoms with E-state index >= 15 is 0 Å². The van der Waals surface area contributed by atoms with Crippen molar-refractivity contribution in [2.75, 3.05) is 0 Å². The molecule has 0 saturated heterocycles. The maximum absolute atomic E-state index is 13.3. The minimum absolute atomic E-state index is 0.129. The van der Waals surface area contributed by atoms with Gasteiger partial charge in [0, 0.05) is 0 Å². The summed E-state index contributed by atoms with van der Waals surface area (Å²) in [6.45, 7) is 4.12. The normalized spacial score (nSPS) is 17.1. The van der Waals surface area contributed by atoms with Crippen molar-refractivity contribution in [3.05, 3.63) is 60.1 Å². The van der Waals surface area contributed by atoms with Gasteiger partial charge >= 0.3 is 6.09 Å². The topological polar surface area (TPSA) is 101 Å². The van der Waals surface area contributed by atoms with Crippen molar-refractivity contribution in [3.63, 3.8) is 0 Å². The van der Waals surface area contributed by atoms with Gasteiger partial charge in [-0.2, -0.15) is 0 Å². The third-order valence-corrected chi connectivity index (χ3v) is 6.38. The molecule has 1 aliphatic carbocycles. The fourth-order valence-corrected chi connectivity index (χ4v) is 4.60. The molecule has 3 N–H and O–H groups in total. The average Bonchev–Trinajstić information content (AvgIpc) is 3.37. The summed E-state index contributed by atoms with van der Waals surface area (Å²) in [5.74, 6) is 0.724. The lowest BCUT2D eigenvalue weighted by Gasteiger charge is -2.31. The summed E-state index contributed by atoms with van der Waals surface area (Å²) in [5.41, 5.74) is 0.872. The Labute approximate surface area is 202 Å². The number of hydrogen-bond donors (Lipinski definition) is 3. The largest absolute Gasteiger partial charge is 0.467 e. The van der Waals surface area contributed by atoms with Crippen LogP contribution in [0.5, 0.6) is 0 Å². The van der Waals surface area contributed by atoms with E-state index in [4.69, 9.17) is 9.15 Å². The fraction of sp³-hybridized carbons (Fsp3) is 0.556. The van der Waals surface area contributed by atoms with Crippen molar-refractivity contribution in [3.8, 4) is 0 Å². The lowest BCUT2D eigenvalue weighted by atomic mass is 9.83. The zero-order chi connectivity index (χ0) is 24.3. The van der Waals surface area contributed by atoms with Gasteiger partial charge in [-0.3, -0.25) is 4.79 Å². The van der Waals surface area contributed by atoms with Gasteiger partial charge < -0.3 is 24.9 Å². The van der Waals surface area contributed by atoms with Gasteiger partial charge in [0.1, 0.15) is 24.5 Å². The number of carbonyl (C=O) groups is 2. The Balaban J connectivity index is 1.64. The molecule has 1 saturated carbocycles. The highest BCUT2D eigenvalue weighted by Gasteiger charge is 2.31. The molecule has 0 radical (unpaired) electrons. The van der Waals surface area contributed by atoms with Gasteiger partial charge in [0.05, 0.1) is 12.3 Å². The molecular formula is C27H38N2O5. The van der Waals surface area contributed by atoms with E-state index in [2.05, 4.69) is 10.6 Å². The molecule has 0 spiro atoms. The number of ether oxygens (including phenoxy) is 1. The lowest BCUT2D eigenvalue weighted by Crippen LogP contribution is -2.52. The third kappa shape index (κ3) is 8.20. The smallest absolute Gasteiger partial charge is 0.408 e. The van der Waals surface area contributed by atoms with Gasteiger partial charge in [-0.25, -0.2) is 4.79 Å². The minimum atomic E-state index is -0.953. The number of carbonyl (C=O) groups excluding carboxylic acids is 2. The van der Waals surface area contributed by atoms with Gasteiger partial charge in [-0.05, 0) is 42.4 Å². The second-order valence-electron chi connectivity index (χ2n) is 9.70. The summed E-state index contributed by atoms with van der Waals surface area (Å²) in [5, 5.41) is 16.7. The van der Waals surface area contributed by atoms with Crippen LogP contribution in [-0.2, 0) is 16.1 Å². The third-order valence-electron chi connectivity index (χ3n) is 6.38. The van der Waals surface area contributed by atoms with E-state index in [1.165, 1.54) is 25.5 Å². The Morgan fingerprint density at radius 2 is 1.79 bits per heavy atom. The van der Waals surface area contributed by atoms with Crippen LogP contribution in [0.15, 0.2) is 53.1 Å². The van der Waals surface area contributed by atoms with Crippen LogP contribution in [0.2, 0.25) is 0 Å². The number of hydrogen-bond acceptors (Lipinski definition) is 5. The number of rotatable bonds is 11. The summed E-state index contributed by atoms with van der Waals surface area (Å²) >= 11 is 0. The van der Waals surface area contributed by atoms with Crippen LogP contribution < -0.4 is 10.6 Å². The summed E-state index contributed by atoms with van der Waals surface area (Å²) in [7, 11) is 0. The molecule has 1 heterocycles. The van der Waals surface area contributed by atoms with Crippen LogP contribution >= 0.6 is 0 Å². The number of aliphatic hydroxyl groups is 1. The van der Waals surface area contributed by atoms with E-state index in [0.29, 0.717) is 24.5 Å². The van der Waals surface area contributed by atoms with E-state index in [-0.39, 0.29) is 18.4 Å². The van der Waals surface area contributed by atoms with Crippen molar-refractivity contribution in [2.24, 2.45) is 11.8 Å². The molecule has 1 fully saturated rings. The van der Waals surface area contributed by atoms with E-state index in [1.54, 1.807) is 12.1 Å². The molecule has 7 nitrogen and oxygen atoms in total. The second-order valence-corrected chi connectivity index (χ2v) is 9.70. The van der Waals surface area contributed by atoms with Crippen LogP contribution in [-0.4, -0.2) is 29.2 Å². The van der Waals surface area contributed by atoms with Crippen LogP contribution in [0.4, 0.5) is 4.79 Å². The van der Waals surface area contributed by atoms with E-state index in [9.17, 15) is 14.7 Å². The number of nitrogens with one attached hydrogen (secondary N) is 2. The zero-order valence-corrected chi connectivity index (χ0v) is 20.2. The highest BCUT2D eigenvalue weighted by Crippen LogP contribution is 2.31. The molecule has 1 aromatic carbocycles. The molecule has 2 amide bonds. The average molecular weight is 471 g/mol. The van der Waals surface area contributed by atoms with Gasteiger partial charge in [-0.1, -0.05) is 76.3 Å². The summed E-state index contributed by atoms with van der Waals surface area (Å²) in [6, 6.07) is 11.6. The number of amides is 2. The summed E-state index contributed by atoms with van der Waals surface area (Å²) < 4.78 is 10.7. The monoisotopic (exact) mass is 470 g/mol. The Kier molecular flexibility index (Phi) is 10.0. The van der Waals surface area contributed by atoms with Gasteiger partial charge in [0.25, 0.3) is 0 Å². The van der Waals surface area contributed by atoms with E-state index < -0.39 is 24.3 Å². The molecule has 0 bridgehead atoms. The van der Waals surface area contributed by atoms with Crippen molar-refractivity contribution in [1.82, 2.24) is 10.6 Å². The zero-order valence-electron chi connectivity index (χ0n) is 20.2. The Morgan fingerprint density at radius 1 is 1.06 bits per heavy atom. The van der Waals surface area contributed by atoms with Crippen LogP contribution in [0.1, 0.15) is 76.2 Å². The predicted octanol–water partition coefficient (Wildman–Crippen LogP) is 5.11. The van der Waals surface area contributed by atoms with Crippen LogP contribution in [0, 0.1) is 11.8 Å². The molecule has 0 unspecified atom stereocenters. The molecule has 2 aromatic rings. The molecule has 0 aliphatic heterocycles. The Hall–Kier alpha value is -2.80. The Morgan fingerprint density at radius 3 is 2.44 bits per heavy atom. The second kappa shape index (κ2) is 13.2. The lowest BCUT2D eigenvalue weighted by molar-refractivity contribution is -0.125. The number of aliphatic hydroxyl groups excluding tert-OH is 1. The molecule has 1 aliphatic rings. The molecule has 3 atom stereocenters. The summed E-state index contributed by atoms with van der Waals surface area (Å²) in [6.07, 6.45) is 6.82. The fourth-order valence-electron chi connectivity index (χ4n) is 4.60. The SMILES string of the molecule is CC(C)C[C@H](NC(=O)OCc1ccccc1)C(=O)N[C@H](CC1CCCCC1)[C@H](O)c1ccco1. The molecule has 1 aromatic heterocycles. The van der Waals surface area contributed by atoms with Crippen LogP contribution in [0.3, 0.4) is 0 Å².